The molecule has 0 aliphatic carbocycles. The van der Waals surface area contributed by atoms with Crippen LogP contribution < -0.4 is 0 Å². The quantitative estimate of drug-likeness (QED) is 0.123. The van der Waals surface area contributed by atoms with E-state index >= 15 is 0 Å². The molecule has 0 heterocycles. The number of benzene rings is 13. The van der Waals surface area contributed by atoms with E-state index in [0.717, 1.165) is 0 Å². The lowest BCUT2D eigenvalue weighted by atomic mass is 9.85. The number of hydrogen-bond donors (Lipinski definition) is 0. The molecule has 0 saturated carbocycles. The molecule has 0 atom stereocenters. The van der Waals surface area contributed by atoms with Crippen molar-refractivity contribution in [3.63, 3.8) is 0 Å². The van der Waals surface area contributed by atoms with Gasteiger partial charge in [0.1, 0.15) is 0 Å². The second-order valence-electron chi connectivity index (χ2n) is 16.7. The first-order valence-electron chi connectivity index (χ1n) is 21.6. The summed E-state index contributed by atoms with van der Waals surface area (Å²) in [7, 11) is 0. The van der Waals surface area contributed by atoms with Crippen molar-refractivity contribution >= 4 is 86.2 Å². The Morgan fingerprint density at radius 3 is 0.823 bits per heavy atom. The first-order valence-corrected chi connectivity index (χ1v) is 21.6. The minimum absolute atomic E-state index is 1.22. The topological polar surface area (TPSA) is 0 Å². The molecule has 13 aromatic rings. The highest BCUT2D eigenvalue weighted by molar-refractivity contribution is 6.25. The summed E-state index contributed by atoms with van der Waals surface area (Å²) in [6.07, 6.45) is 0. The van der Waals surface area contributed by atoms with Crippen molar-refractivity contribution in [3.05, 3.63) is 231 Å². The zero-order valence-electron chi connectivity index (χ0n) is 33.9. The van der Waals surface area contributed by atoms with Crippen LogP contribution in [0.15, 0.2) is 231 Å². The van der Waals surface area contributed by atoms with E-state index in [-0.39, 0.29) is 0 Å². The van der Waals surface area contributed by atoms with E-state index in [1.54, 1.807) is 0 Å². The first-order chi connectivity index (χ1) is 30.8. The summed E-state index contributed by atoms with van der Waals surface area (Å²) in [6.45, 7) is 0. The molecular weight excluding hydrogens is 745 g/mol. The lowest BCUT2D eigenvalue weighted by Gasteiger charge is -2.18. The van der Waals surface area contributed by atoms with Gasteiger partial charge < -0.3 is 0 Å². The molecule has 13 aromatic carbocycles. The maximum absolute atomic E-state index is 2.38. The Morgan fingerprint density at radius 2 is 0.452 bits per heavy atom. The van der Waals surface area contributed by atoms with Gasteiger partial charge in [-0.25, -0.2) is 0 Å². The summed E-state index contributed by atoms with van der Waals surface area (Å²) in [5.41, 5.74) is 9.93. The summed E-state index contributed by atoms with van der Waals surface area (Å²) in [5.74, 6) is 0. The Balaban J connectivity index is 0.940. The number of hydrogen-bond acceptors (Lipinski definition) is 0. The molecule has 0 N–H and O–H groups in total. The lowest BCUT2D eigenvalue weighted by molar-refractivity contribution is 1.63. The molecule has 286 valence electrons. The molecule has 0 spiro atoms. The Labute approximate surface area is 359 Å². The van der Waals surface area contributed by atoms with E-state index in [4.69, 9.17) is 0 Å². The maximum atomic E-state index is 2.38. The molecule has 0 saturated heterocycles. The number of fused-ring (bicyclic) bond motifs is 12. The van der Waals surface area contributed by atoms with Gasteiger partial charge in [-0.1, -0.05) is 218 Å². The Bertz CT molecular complexity index is 3630. The van der Waals surface area contributed by atoms with Crippen molar-refractivity contribution in [1.29, 1.82) is 0 Å². The van der Waals surface area contributed by atoms with Crippen LogP contribution >= 0.6 is 0 Å². The third-order valence-corrected chi connectivity index (χ3v) is 13.4. The third-order valence-electron chi connectivity index (χ3n) is 13.4. The van der Waals surface area contributed by atoms with E-state index in [1.807, 2.05) is 0 Å². The highest BCUT2D eigenvalue weighted by atomic mass is 14.2. The standard InChI is InChI=1S/C62H38/c1-3-15-47-39(13-1)29-35-45-37-57(49-17-5-7-19-51(49)61(45)47)41-25-31-43(32-26-41)59-53-21-9-11-23-55(53)60(56-24-12-10-22-54(56)59)44-33-27-42(28-34-44)58-38-46-36-30-40-14-2-4-16-48(40)62(46)52-20-8-6-18-50(52)58/h1-38H. The van der Waals surface area contributed by atoms with E-state index < -0.39 is 0 Å². The fourth-order valence-corrected chi connectivity index (χ4v) is 10.6. The van der Waals surface area contributed by atoms with E-state index in [0.29, 0.717) is 0 Å². The third kappa shape index (κ3) is 5.27. The molecule has 0 radical (unpaired) electrons. The summed E-state index contributed by atoms with van der Waals surface area (Å²) in [4.78, 5) is 0. The van der Waals surface area contributed by atoms with Gasteiger partial charge in [0.05, 0.1) is 0 Å². The van der Waals surface area contributed by atoms with Crippen LogP contribution in [0.5, 0.6) is 0 Å². The maximum Gasteiger partial charge on any atom is -0.00264 e. The molecule has 0 unspecified atom stereocenters. The van der Waals surface area contributed by atoms with Gasteiger partial charge in [-0.2, -0.15) is 0 Å². The van der Waals surface area contributed by atoms with Crippen LogP contribution in [0.1, 0.15) is 0 Å². The molecule has 62 heavy (non-hydrogen) atoms. The largest absolute Gasteiger partial charge is 0.0616 e. The number of rotatable bonds is 4. The van der Waals surface area contributed by atoms with Gasteiger partial charge in [-0.05, 0) is 143 Å². The van der Waals surface area contributed by atoms with Crippen LogP contribution in [0, 0.1) is 0 Å². The van der Waals surface area contributed by atoms with Crippen molar-refractivity contribution in [2.75, 3.05) is 0 Å². The molecule has 0 nitrogen and oxygen atoms in total. The van der Waals surface area contributed by atoms with Gasteiger partial charge in [-0.3, -0.25) is 0 Å². The molecule has 0 aliphatic rings. The van der Waals surface area contributed by atoms with Crippen LogP contribution in [-0.2, 0) is 0 Å². The molecule has 0 heteroatoms. The summed E-state index contributed by atoms with van der Waals surface area (Å²) >= 11 is 0. The Hall–Kier alpha value is -8.06. The van der Waals surface area contributed by atoms with Crippen molar-refractivity contribution < 1.29 is 0 Å². The zero-order chi connectivity index (χ0) is 40.7. The lowest BCUT2D eigenvalue weighted by Crippen LogP contribution is -1.91. The fourth-order valence-electron chi connectivity index (χ4n) is 10.6. The van der Waals surface area contributed by atoms with Crippen molar-refractivity contribution in [2.45, 2.75) is 0 Å². The highest BCUT2D eigenvalue weighted by Crippen LogP contribution is 2.46. The second kappa shape index (κ2) is 13.7. The van der Waals surface area contributed by atoms with E-state index in [2.05, 4.69) is 231 Å². The summed E-state index contributed by atoms with van der Waals surface area (Å²) in [5, 5.41) is 20.5. The molecule has 0 aromatic heterocycles. The molecular formula is C62H38. The van der Waals surface area contributed by atoms with Gasteiger partial charge in [0.2, 0.25) is 0 Å². The van der Waals surface area contributed by atoms with Gasteiger partial charge in [-0.15, -0.1) is 0 Å². The predicted molar refractivity (Wildman–Crippen MR) is 268 cm³/mol. The fraction of sp³-hybridized carbons (Fsp3) is 0. The minimum Gasteiger partial charge on any atom is -0.0616 e. The van der Waals surface area contributed by atoms with Gasteiger partial charge in [0.25, 0.3) is 0 Å². The van der Waals surface area contributed by atoms with E-state index in [1.165, 1.54) is 131 Å². The predicted octanol–water partition coefficient (Wildman–Crippen LogP) is 17.6. The molecule has 0 amide bonds. The normalized spacial score (nSPS) is 11.9. The second-order valence-corrected chi connectivity index (χ2v) is 16.7. The van der Waals surface area contributed by atoms with E-state index in [9.17, 15) is 0 Å². The van der Waals surface area contributed by atoms with Gasteiger partial charge in [0.15, 0.2) is 0 Å². The average Bonchev–Trinajstić information content (AvgIpc) is 3.35. The van der Waals surface area contributed by atoms with Crippen LogP contribution in [0.25, 0.3) is 131 Å². The highest BCUT2D eigenvalue weighted by Gasteiger charge is 2.18. The van der Waals surface area contributed by atoms with Crippen molar-refractivity contribution in [2.24, 2.45) is 0 Å². The van der Waals surface area contributed by atoms with Crippen molar-refractivity contribution in [1.82, 2.24) is 0 Å². The summed E-state index contributed by atoms with van der Waals surface area (Å²) < 4.78 is 0. The first kappa shape index (κ1) is 34.8. The molecule has 0 fully saturated rings. The average molecular weight is 783 g/mol. The van der Waals surface area contributed by atoms with Gasteiger partial charge >= 0.3 is 0 Å². The monoisotopic (exact) mass is 782 g/mol. The van der Waals surface area contributed by atoms with Crippen LogP contribution in [-0.4, -0.2) is 0 Å². The Morgan fingerprint density at radius 1 is 0.177 bits per heavy atom. The smallest absolute Gasteiger partial charge is 0.00264 e. The minimum atomic E-state index is 1.22. The van der Waals surface area contributed by atoms with Crippen molar-refractivity contribution in [3.8, 4) is 44.5 Å². The zero-order valence-corrected chi connectivity index (χ0v) is 33.9. The van der Waals surface area contributed by atoms with Crippen LogP contribution in [0.2, 0.25) is 0 Å². The van der Waals surface area contributed by atoms with Crippen LogP contribution in [0.3, 0.4) is 0 Å². The molecule has 0 aliphatic heterocycles. The SMILES string of the molecule is c1ccc2c(c1)ccc1cc(-c3ccc(-c4c5ccccc5c(-c5ccc(-c6cc7ccc8ccccc8c7c7ccccc67)cc5)c5ccccc45)cc3)c3ccccc3c12. The molecule has 13 rings (SSSR count). The van der Waals surface area contributed by atoms with Gasteiger partial charge in [0, 0.05) is 0 Å². The van der Waals surface area contributed by atoms with Crippen LogP contribution in [0.4, 0.5) is 0 Å². The summed E-state index contributed by atoms with van der Waals surface area (Å²) in [6, 6.07) is 85.6. The molecule has 0 bridgehead atoms. The Kier molecular flexibility index (Phi) is 7.71.